The van der Waals surface area contributed by atoms with E-state index in [1.54, 1.807) is 16.7 Å². The van der Waals surface area contributed by atoms with E-state index in [2.05, 4.69) is 51.0 Å². The zero-order valence-electron chi connectivity index (χ0n) is 28.6. The molecule has 44 heavy (non-hydrogen) atoms. The van der Waals surface area contributed by atoms with Gasteiger partial charge in [-0.2, -0.15) is 0 Å². The first-order chi connectivity index (χ1) is 20.9. The molecule has 0 aromatic carbocycles. The van der Waals surface area contributed by atoms with E-state index in [0.29, 0.717) is 35.1 Å². The van der Waals surface area contributed by atoms with Crippen LogP contribution in [-0.4, -0.2) is 46.1 Å². The molecule has 8 aliphatic rings. The fourth-order valence-electron chi connectivity index (χ4n) is 14.6. The molecule has 2 saturated heterocycles. The summed E-state index contributed by atoms with van der Waals surface area (Å²) in [4.78, 5) is 0. The molecule has 0 aromatic heterocycles. The molecular formula is C40H62N2O2. The van der Waals surface area contributed by atoms with Crippen LogP contribution in [0.3, 0.4) is 0 Å². The Hall–Kier alpha value is -0.940. The molecule has 244 valence electrons. The van der Waals surface area contributed by atoms with Crippen molar-refractivity contribution in [2.75, 3.05) is 6.54 Å². The highest BCUT2D eigenvalue weighted by molar-refractivity contribution is 5.47. The molecule has 0 amide bonds. The number of rotatable bonds is 5. The van der Waals surface area contributed by atoms with E-state index < -0.39 is 0 Å². The first-order valence-corrected chi connectivity index (χ1v) is 18.8. The first kappa shape index (κ1) is 30.4. The Morgan fingerprint density at radius 2 is 1.84 bits per heavy atom. The molecule has 2 aliphatic heterocycles. The number of fused-ring (bicyclic) bond motifs is 4. The number of nitrogens with one attached hydrogen (secondary N) is 2. The second-order valence-corrected chi connectivity index (χ2v) is 18.4. The van der Waals surface area contributed by atoms with E-state index >= 15 is 0 Å². The Kier molecular flexibility index (Phi) is 6.93. The van der Waals surface area contributed by atoms with Crippen molar-refractivity contribution in [2.45, 2.75) is 160 Å². The van der Waals surface area contributed by atoms with Gasteiger partial charge < -0.3 is 20.8 Å². The third kappa shape index (κ3) is 3.90. The number of hydrogen-bond donors (Lipinski definition) is 4. The van der Waals surface area contributed by atoms with Crippen molar-refractivity contribution in [3.63, 3.8) is 0 Å². The van der Waals surface area contributed by atoms with E-state index in [4.69, 9.17) is 0 Å². The zero-order valence-corrected chi connectivity index (χ0v) is 28.6. The molecule has 4 heteroatoms. The van der Waals surface area contributed by atoms with Gasteiger partial charge in [0.25, 0.3) is 0 Å². The lowest BCUT2D eigenvalue weighted by atomic mass is 9.45. The van der Waals surface area contributed by atoms with E-state index in [1.165, 1.54) is 89.0 Å². The average molecular weight is 603 g/mol. The second kappa shape index (κ2) is 10.0. The van der Waals surface area contributed by atoms with Gasteiger partial charge in [0.15, 0.2) is 0 Å². The van der Waals surface area contributed by atoms with Gasteiger partial charge in [-0.3, -0.25) is 0 Å². The monoisotopic (exact) mass is 602 g/mol. The van der Waals surface area contributed by atoms with Gasteiger partial charge in [0, 0.05) is 23.7 Å². The van der Waals surface area contributed by atoms with Gasteiger partial charge in [-0.1, -0.05) is 49.1 Å². The predicted molar refractivity (Wildman–Crippen MR) is 179 cm³/mol. The molecule has 6 aliphatic carbocycles. The summed E-state index contributed by atoms with van der Waals surface area (Å²) in [6.07, 6.45) is 21.5. The molecular weight excluding hydrogens is 540 g/mol. The maximum Gasteiger partial charge on any atom is 0.0696 e. The standard InChI is InChI=1S/C40H62N2O2/c1-24(2)28-17-32-25(3)15-31(22-36(32,5)38(21-28)10-7-8-11-38)39-12-9-29-19-30-16-27-18-34(41-23-26(4)43)35(44)20-33(27)40(30,14-13-39)37(29,6)42-39/h15,26-30,33-35,41-44H,1,7-14,16-23H2,2-6H3. The number of hydrogen-bond acceptors (Lipinski definition) is 4. The number of aliphatic hydroxyl groups excluding tert-OH is 2. The van der Waals surface area contributed by atoms with E-state index in [0.717, 1.165) is 24.7 Å². The van der Waals surface area contributed by atoms with Crippen LogP contribution in [0.25, 0.3) is 0 Å². The summed E-state index contributed by atoms with van der Waals surface area (Å²) in [5.41, 5.74) is 7.86. The van der Waals surface area contributed by atoms with Gasteiger partial charge in [-0.15, -0.1) is 0 Å². The van der Waals surface area contributed by atoms with Crippen LogP contribution in [0.5, 0.6) is 0 Å². The zero-order chi connectivity index (χ0) is 30.9. The Morgan fingerprint density at radius 3 is 2.57 bits per heavy atom. The molecule has 4 nitrogen and oxygen atoms in total. The quantitative estimate of drug-likeness (QED) is 0.245. The van der Waals surface area contributed by atoms with Crippen molar-refractivity contribution in [2.24, 2.45) is 45.8 Å². The van der Waals surface area contributed by atoms with Crippen molar-refractivity contribution < 1.29 is 10.2 Å². The SMILES string of the molecule is C=C(C)C1CC2=C(C)C=C(C34CCC5CC6CC7CC(NCC(C)O)C(O)CC7C6(CC3)C5(C)N4)CC2(C)C2(CCCC2)C1. The molecule has 8 rings (SSSR count). The van der Waals surface area contributed by atoms with Crippen LogP contribution in [-0.2, 0) is 0 Å². The Bertz CT molecular complexity index is 1280. The summed E-state index contributed by atoms with van der Waals surface area (Å²) in [6, 6.07) is 0.131. The fourth-order valence-corrected chi connectivity index (χ4v) is 14.6. The van der Waals surface area contributed by atoms with Crippen molar-refractivity contribution in [3.05, 3.63) is 34.9 Å². The molecule has 12 unspecified atom stereocenters. The smallest absolute Gasteiger partial charge is 0.0696 e. The molecule has 2 heterocycles. The number of piperidine rings is 2. The molecule has 4 N–H and O–H groups in total. The second-order valence-electron chi connectivity index (χ2n) is 18.4. The lowest BCUT2D eigenvalue weighted by molar-refractivity contribution is -0.0943. The first-order valence-electron chi connectivity index (χ1n) is 18.8. The van der Waals surface area contributed by atoms with Crippen LogP contribution in [0.1, 0.15) is 131 Å². The van der Waals surface area contributed by atoms with Crippen LogP contribution in [0, 0.1) is 45.8 Å². The van der Waals surface area contributed by atoms with E-state index in [-0.39, 0.29) is 34.7 Å². The minimum absolute atomic E-state index is 0.131. The topological polar surface area (TPSA) is 64.5 Å². The maximum atomic E-state index is 11.4. The van der Waals surface area contributed by atoms with Gasteiger partial charge in [-0.25, -0.2) is 0 Å². The van der Waals surface area contributed by atoms with Crippen LogP contribution in [0.4, 0.5) is 0 Å². The van der Waals surface area contributed by atoms with Gasteiger partial charge in [-0.05, 0) is 163 Å². The van der Waals surface area contributed by atoms with Crippen molar-refractivity contribution >= 4 is 0 Å². The van der Waals surface area contributed by atoms with Crippen molar-refractivity contribution in [1.29, 1.82) is 0 Å². The molecule has 5 saturated carbocycles. The van der Waals surface area contributed by atoms with Crippen LogP contribution in [0.2, 0.25) is 0 Å². The highest BCUT2D eigenvalue weighted by atomic mass is 16.3. The molecule has 2 spiro atoms. The highest BCUT2D eigenvalue weighted by Gasteiger charge is 2.74. The highest BCUT2D eigenvalue weighted by Crippen LogP contribution is 2.75. The van der Waals surface area contributed by atoms with Crippen molar-refractivity contribution in [1.82, 2.24) is 10.6 Å². The Balaban J connectivity index is 1.12. The Morgan fingerprint density at radius 1 is 1.07 bits per heavy atom. The largest absolute Gasteiger partial charge is 0.392 e. The molecule has 0 radical (unpaired) electrons. The minimum Gasteiger partial charge on any atom is -0.392 e. The fraction of sp³-hybridized carbons (Fsp3) is 0.850. The van der Waals surface area contributed by atoms with Gasteiger partial charge >= 0.3 is 0 Å². The van der Waals surface area contributed by atoms with Crippen molar-refractivity contribution in [3.8, 4) is 0 Å². The molecule has 0 aromatic rings. The normalized spacial score (nSPS) is 51.1. The van der Waals surface area contributed by atoms with E-state index in [9.17, 15) is 10.2 Å². The molecule has 2 bridgehead atoms. The average Bonchev–Trinajstić information content (AvgIpc) is 3.63. The number of allylic oxidation sites excluding steroid dienone is 4. The van der Waals surface area contributed by atoms with Crippen LogP contribution in [0.15, 0.2) is 34.9 Å². The molecule has 7 fully saturated rings. The maximum absolute atomic E-state index is 11.4. The summed E-state index contributed by atoms with van der Waals surface area (Å²) in [7, 11) is 0. The number of aliphatic hydroxyl groups is 2. The van der Waals surface area contributed by atoms with E-state index in [1.807, 2.05) is 6.92 Å². The summed E-state index contributed by atoms with van der Waals surface area (Å²) in [6.45, 7) is 17.0. The summed E-state index contributed by atoms with van der Waals surface area (Å²) in [5, 5.41) is 29.5. The third-order valence-electron chi connectivity index (χ3n) is 16.7. The predicted octanol–water partition coefficient (Wildman–Crippen LogP) is 7.61. The molecule has 12 atom stereocenters. The van der Waals surface area contributed by atoms with Gasteiger partial charge in [0.2, 0.25) is 0 Å². The summed E-state index contributed by atoms with van der Waals surface area (Å²) >= 11 is 0. The summed E-state index contributed by atoms with van der Waals surface area (Å²) in [5.74, 6) is 3.54. The van der Waals surface area contributed by atoms with Crippen LogP contribution >= 0.6 is 0 Å². The minimum atomic E-state index is -0.366. The third-order valence-corrected chi connectivity index (χ3v) is 16.7. The lowest BCUT2D eigenvalue weighted by Gasteiger charge is -2.66. The van der Waals surface area contributed by atoms with Gasteiger partial charge in [0.05, 0.1) is 12.2 Å². The Labute approximate surface area is 268 Å². The lowest BCUT2D eigenvalue weighted by Crippen LogP contribution is -2.74. The van der Waals surface area contributed by atoms with Gasteiger partial charge in [0.1, 0.15) is 0 Å². The summed E-state index contributed by atoms with van der Waals surface area (Å²) < 4.78 is 0. The van der Waals surface area contributed by atoms with Crippen LogP contribution < -0.4 is 10.6 Å².